The molecule has 1 aromatic rings. The topological polar surface area (TPSA) is 67.8 Å². The highest BCUT2D eigenvalue weighted by molar-refractivity contribution is 5.78. The Morgan fingerprint density at radius 3 is 2.71 bits per heavy atom. The van der Waals surface area contributed by atoms with Crippen molar-refractivity contribution in [2.75, 3.05) is 13.7 Å². The van der Waals surface area contributed by atoms with Gasteiger partial charge in [0.05, 0.1) is 13.2 Å². The Hall–Kier alpha value is -1.75. The van der Waals surface area contributed by atoms with Gasteiger partial charge < -0.3 is 19.9 Å². The third-order valence-electron chi connectivity index (χ3n) is 3.75. The summed E-state index contributed by atoms with van der Waals surface area (Å²) in [6.07, 6.45) is 3.90. The Balaban J connectivity index is 1.91. The summed E-state index contributed by atoms with van der Waals surface area (Å²) in [5.74, 6) is 0.911. The first-order valence-corrected chi connectivity index (χ1v) is 7.38. The van der Waals surface area contributed by atoms with Crippen LogP contribution < -0.4 is 14.8 Å². The van der Waals surface area contributed by atoms with Gasteiger partial charge in [-0.1, -0.05) is 18.9 Å². The minimum absolute atomic E-state index is 0.0269. The third-order valence-corrected chi connectivity index (χ3v) is 3.75. The second-order valence-corrected chi connectivity index (χ2v) is 5.42. The lowest BCUT2D eigenvalue weighted by Gasteiger charge is -2.15. The standard InChI is InChI=1S/C16H23NO4/c1-11(18)12-7-8-14(15(9-12)20-2)21-10-16(19)17-13-5-3-4-6-13/h7-9,11,13,18H,3-6,10H2,1-2H3,(H,17,19)/t11-/m1/s1. The van der Waals surface area contributed by atoms with E-state index in [1.54, 1.807) is 25.1 Å². The Morgan fingerprint density at radius 2 is 2.10 bits per heavy atom. The molecule has 5 heteroatoms. The predicted molar refractivity (Wildman–Crippen MR) is 79.5 cm³/mol. The summed E-state index contributed by atoms with van der Waals surface area (Å²) in [6, 6.07) is 5.48. The van der Waals surface area contributed by atoms with Crippen LogP contribution in [0, 0.1) is 0 Å². The highest BCUT2D eigenvalue weighted by atomic mass is 16.5. The van der Waals surface area contributed by atoms with Crippen LogP contribution in [-0.4, -0.2) is 30.8 Å². The van der Waals surface area contributed by atoms with Gasteiger partial charge in [-0.3, -0.25) is 4.79 Å². The zero-order chi connectivity index (χ0) is 15.2. The van der Waals surface area contributed by atoms with E-state index in [1.807, 2.05) is 0 Å². The summed E-state index contributed by atoms with van der Waals surface area (Å²) in [6.45, 7) is 1.66. The Kier molecular flexibility index (Phi) is 5.44. The van der Waals surface area contributed by atoms with Crippen molar-refractivity contribution in [2.45, 2.75) is 44.8 Å². The maximum Gasteiger partial charge on any atom is 0.258 e. The van der Waals surface area contributed by atoms with Crippen molar-refractivity contribution in [2.24, 2.45) is 0 Å². The number of amides is 1. The molecule has 0 aliphatic heterocycles. The molecule has 1 amide bonds. The van der Waals surface area contributed by atoms with E-state index in [-0.39, 0.29) is 12.5 Å². The fourth-order valence-electron chi connectivity index (χ4n) is 2.55. The summed E-state index contributed by atoms with van der Waals surface area (Å²) >= 11 is 0. The average Bonchev–Trinajstić information content (AvgIpc) is 2.97. The van der Waals surface area contributed by atoms with Crippen molar-refractivity contribution >= 4 is 5.91 Å². The Labute approximate surface area is 125 Å². The minimum atomic E-state index is -0.571. The molecule has 0 heterocycles. The van der Waals surface area contributed by atoms with E-state index >= 15 is 0 Å². The predicted octanol–water partition coefficient (Wildman–Crippen LogP) is 2.19. The first-order valence-electron chi connectivity index (χ1n) is 7.38. The lowest BCUT2D eigenvalue weighted by atomic mass is 10.1. The molecule has 5 nitrogen and oxygen atoms in total. The molecule has 0 spiro atoms. The van der Waals surface area contributed by atoms with Crippen LogP contribution in [-0.2, 0) is 4.79 Å². The van der Waals surface area contributed by atoms with Crippen LogP contribution in [0.4, 0.5) is 0 Å². The van der Waals surface area contributed by atoms with E-state index in [0.717, 1.165) is 18.4 Å². The summed E-state index contributed by atoms with van der Waals surface area (Å²) in [5, 5.41) is 12.5. The molecule has 2 N–H and O–H groups in total. The van der Waals surface area contributed by atoms with Gasteiger partial charge in [0.1, 0.15) is 0 Å². The van der Waals surface area contributed by atoms with Gasteiger partial charge in [-0.2, -0.15) is 0 Å². The number of rotatable bonds is 6. The van der Waals surface area contributed by atoms with Gasteiger partial charge >= 0.3 is 0 Å². The molecule has 0 aromatic heterocycles. The van der Waals surface area contributed by atoms with E-state index in [2.05, 4.69) is 5.32 Å². The Bertz CT molecular complexity index is 481. The molecular weight excluding hydrogens is 270 g/mol. The number of aliphatic hydroxyl groups excluding tert-OH is 1. The molecule has 0 saturated heterocycles. The number of hydrogen-bond acceptors (Lipinski definition) is 4. The zero-order valence-electron chi connectivity index (χ0n) is 12.6. The molecule has 1 atom stereocenters. The van der Waals surface area contributed by atoms with Gasteiger partial charge in [0.15, 0.2) is 18.1 Å². The molecule has 1 aliphatic carbocycles. The molecule has 21 heavy (non-hydrogen) atoms. The van der Waals surface area contributed by atoms with Gasteiger partial charge in [0.25, 0.3) is 5.91 Å². The first kappa shape index (κ1) is 15.6. The summed E-state index contributed by atoms with van der Waals surface area (Å²) < 4.78 is 10.8. The van der Waals surface area contributed by atoms with Gasteiger partial charge in [-0.15, -0.1) is 0 Å². The normalized spacial score (nSPS) is 16.5. The van der Waals surface area contributed by atoms with E-state index in [4.69, 9.17) is 9.47 Å². The van der Waals surface area contributed by atoms with Crippen LogP contribution in [0.5, 0.6) is 11.5 Å². The second kappa shape index (κ2) is 7.31. The average molecular weight is 293 g/mol. The number of methoxy groups -OCH3 is 1. The van der Waals surface area contributed by atoms with Crippen molar-refractivity contribution < 1.29 is 19.4 Å². The molecule has 0 radical (unpaired) electrons. The quantitative estimate of drug-likeness (QED) is 0.843. The number of benzene rings is 1. The summed E-state index contributed by atoms with van der Waals surface area (Å²) in [7, 11) is 1.53. The zero-order valence-corrected chi connectivity index (χ0v) is 12.6. The number of aliphatic hydroxyl groups is 1. The van der Waals surface area contributed by atoms with E-state index in [0.29, 0.717) is 17.5 Å². The SMILES string of the molecule is COc1cc([C@@H](C)O)ccc1OCC(=O)NC1CCCC1. The third kappa shape index (κ3) is 4.36. The van der Waals surface area contributed by atoms with Crippen LogP contribution in [0.2, 0.25) is 0 Å². The van der Waals surface area contributed by atoms with E-state index < -0.39 is 6.10 Å². The van der Waals surface area contributed by atoms with Crippen LogP contribution in [0.3, 0.4) is 0 Å². The summed E-state index contributed by atoms with van der Waals surface area (Å²) in [4.78, 5) is 11.8. The van der Waals surface area contributed by atoms with Crippen LogP contribution in [0.1, 0.15) is 44.3 Å². The van der Waals surface area contributed by atoms with Crippen LogP contribution in [0.15, 0.2) is 18.2 Å². The van der Waals surface area contributed by atoms with E-state index in [1.165, 1.54) is 20.0 Å². The molecule has 116 valence electrons. The van der Waals surface area contributed by atoms with Gasteiger partial charge in [-0.25, -0.2) is 0 Å². The van der Waals surface area contributed by atoms with Crippen molar-refractivity contribution in [3.05, 3.63) is 23.8 Å². The van der Waals surface area contributed by atoms with Crippen molar-refractivity contribution in [3.8, 4) is 11.5 Å². The maximum absolute atomic E-state index is 11.8. The number of hydrogen-bond donors (Lipinski definition) is 2. The minimum Gasteiger partial charge on any atom is -0.493 e. The smallest absolute Gasteiger partial charge is 0.258 e. The highest BCUT2D eigenvalue weighted by Crippen LogP contribution is 2.30. The largest absolute Gasteiger partial charge is 0.493 e. The Morgan fingerprint density at radius 1 is 1.38 bits per heavy atom. The molecule has 1 fully saturated rings. The number of carbonyl (C=O) groups is 1. The molecule has 1 aromatic carbocycles. The number of nitrogens with one attached hydrogen (secondary N) is 1. The molecule has 0 unspecified atom stereocenters. The van der Waals surface area contributed by atoms with Crippen LogP contribution >= 0.6 is 0 Å². The van der Waals surface area contributed by atoms with Crippen LogP contribution in [0.25, 0.3) is 0 Å². The monoisotopic (exact) mass is 293 g/mol. The lowest BCUT2D eigenvalue weighted by Crippen LogP contribution is -2.36. The fourth-order valence-corrected chi connectivity index (χ4v) is 2.55. The fraction of sp³-hybridized carbons (Fsp3) is 0.562. The maximum atomic E-state index is 11.8. The molecule has 1 saturated carbocycles. The van der Waals surface area contributed by atoms with E-state index in [9.17, 15) is 9.90 Å². The van der Waals surface area contributed by atoms with Gasteiger partial charge in [-0.05, 0) is 37.5 Å². The lowest BCUT2D eigenvalue weighted by molar-refractivity contribution is -0.123. The van der Waals surface area contributed by atoms with Gasteiger partial charge in [0.2, 0.25) is 0 Å². The second-order valence-electron chi connectivity index (χ2n) is 5.42. The van der Waals surface area contributed by atoms with Crippen molar-refractivity contribution in [3.63, 3.8) is 0 Å². The number of carbonyl (C=O) groups excluding carboxylic acids is 1. The van der Waals surface area contributed by atoms with Gasteiger partial charge in [0, 0.05) is 6.04 Å². The molecule has 0 bridgehead atoms. The molecular formula is C16H23NO4. The molecule has 2 rings (SSSR count). The number of ether oxygens (including phenoxy) is 2. The first-order chi connectivity index (χ1) is 10.1. The summed E-state index contributed by atoms with van der Waals surface area (Å²) in [5.41, 5.74) is 0.745. The van der Waals surface area contributed by atoms with Crippen molar-refractivity contribution in [1.29, 1.82) is 0 Å². The molecule has 1 aliphatic rings. The highest BCUT2D eigenvalue weighted by Gasteiger charge is 2.17. The van der Waals surface area contributed by atoms with Crippen molar-refractivity contribution in [1.82, 2.24) is 5.32 Å².